The summed E-state index contributed by atoms with van der Waals surface area (Å²) in [6.45, 7) is 2.03. The Morgan fingerprint density at radius 2 is 1.69 bits per heavy atom. The molecule has 2 aromatic carbocycles. The van der Waals surface area contributed by atoms with Crippen molar-refractivity contribution in [3.05, 3.63) is 59.4 Å². The predicted octanol–water partition coefficient (Wildman–Crippen LogP) is 4.64. The molecular formula is C22H27FN2O3S. The van der Waals surface area contributed by atoms with Gasteiger partial charge in [0.2, 0.25) is 10.0 Å². The summed E-state index contributed by atoms with van der Waals surface area (Å²) in [5.41, 5.74) is 1.34. The molecule has 1 fully saturated rings. The SMILES string of the molecule is CCc1ccc(NC(=O)c2cc(S(=O)(=O)NC3CCCCCC3)ccc2F)cc1. The first-order valence-electron chi connectivity index (χ1n) is 10.1. The average Bonchev–Trinajstić information content (AvgIpc) is 2.96. The van der Waals surface area contributed by atoms with Gasteiger partial charge in [0.1, 0.15) is 5.82 Å². The van der Waals surface area contributed by atoms with Gasteiger partial charge >= 0.3 is 0 Å². The lowest BCUT2D eigenvalue weighted by Gasteiger charge is -2.17. The number of carbonyl (C=O) groups is 1. The van der Waals surface area contributed by atoms with Crippen LogP contribution in [0, 0.1) is 5.82 Å². The maximum Gasteiger partial charge on any atom is 0.258 e. The smallest absolute Gasteiger partial charge is 0.258 e. The number of nitrogens with one attached hydrogen (secondary N) is 2. The van der Waals surface area contributed by atoms with E-state index in [9.17, 15) is 17.6 Å². The first-order chi connectivity index (χ1) is 13.9. The van der Waals surface area contributed by atoms with Crippen LogP contribution >= 0.6 is 0 Å². The number of hydrogen-bond acceptors (Lipinski definition) is 3. The van der Waals surface area contributed by atoms with E-state index in [1.807, 2.05) is 19.1 Å². The van der Waals surface area contributed by atoms with Crippen LogP contribution in [0.2, 0.25) is 0 Å². The van der Waals surface area contributed by atoms with Gasteiger partial charge in [0.15, 0.2) is 0 Å². The summed E-state index contributed by atoms with van der Waals surface area (Å²) in [7, 11) is -3.83. The minimum Gasteiger partial charge on any atom is -0.322 e. The van der Waals surface area contributed by atoms with Gasteiger partial charge in [0.05, 0.1) is 10.5 Å². The van der Waals surface area contributed by atoms with Crippen molar-refractivity contribution in [2.75, 3.05) is 5.32 Å². The highest BCUT2D eigenvalue weighted by molar-refractivity contribution is 7.89. The zero-order chi connectivity index (χ0) is 20.9. The molecule has 0 bridgehead atoms. The van der Waals surface area contributed by atoms with Gasteiger partial charge in [-0.05, 0) is 55.2 Å². The Labute approximate surface area is 171 Å². The van der Waals surface area contributed by atoms with Crippen molar-refractivity contribution in [3.63, 3.8) is 0 Å². The van der Waals surface area contributed by atoms with Crippen LogP contribution in [-0.4, -0.2) is 20.4 Å². The van der Waals surface area contributed by atoms with E-state index >= 15 is 0 Å². The third-order valence-electron chi connectivity index (χ3n) is 5.29. The van der Waals surface area contributed by atoms with E-state index in [0.29, 0.717) is 5.69 Å². The molecule has 1 saturated carbocycles. The van der Waals surface area contributed by atoms with E-state index in [-0.39, 0.29) is 16.5 Å². The molecule has 5 nitrogen and oxygen atoms in total. The van der Waals surface area contributed by atoms with Gasteiger partial charge in [0, 0.05) is 11.7 Å². The molecule has 0 aromatic heterocycles. The molecule has 2 N–H and O–H groups in total. The van der Waals surface area contributed by atoms with E-state index in [2.05, 4.69) is 10.0 Å². The van der Waals surface area contributed by atoms with Gasteiger partial charge in [-0.25, -0.2) is 17.5 Å². The first-order valence-corrected chi connectivity index (χ1v) is 11.6. The lowest BCUT2D eigenvalue weighted by Crippen LogP contribution is -2.34. The lowest BCUT2D eigenvalue weighted by atomic mass is 10.1. The molecule has 29 heavy (non-hydrogen) atoms. The summed E-state index contributed by atoms with van der Waals surface area (Å²) in [6.07, 6.45) is 6.65. The zero-order valence-corrected chi connectivity index (χ0v) is 17.4. The Balaban J connectivity index is 1.77. The second-order valence-corrected chi connectivity index (χ2v) is 9.17. The summed E-state index contributed by atoms with van der Waals surface area (Å²) in [5, 5.41) is 2.62. The fraction of sp³-hybridized carbons (Fsp3) is 0.409. The van der Waals surface area contributed by atoms with Crippen molar-refractivity contribution in [1.29, 1.82) is 0 Å². The molecule has 1 aliphatic rings. The van der Waals surface area contributed by atoms with Crippen LogP contribution in [0.5, 0.6) is 0 Å². The van der Waals surface area contributed by atoms with E-state index in [4.69, 9.17) is 0 Å². The van der Waals surface area contributed by atoms with Gasteiger partial charge in [0.25, 0.3) is 5.91 Å². The topological polar surface area (TPSA) is 75.3 Å². The minimum absolute atomic E-state index is 0.102. The molecule has 0 radical (unpaired) electrons. The zero-order valence-electron chi connectivity index (χ0n) is 16.6. The fourth-order valence-corrected chi connectivity index (χ4v) is 4.88. The van der Waals surface area contributed by atoms with Gasteiger partial charge in [-0.3, -0.25) is 4.79 Å². The van der Waals surface area contributed by atoms with Crippen molar-refractivity contribution in [2.24, 2.45) is 0 Å². The van der Waals surface area contributed by atoms with Crippen LogP contribution in [0.4, 0.5) is 10.1 Å². The van der Waals surface area contributed by atoms with Gasteiger partial charge < -0.3 is 5.32 Å². The maximum atomic E-state index is 14.3. The van der Waals surface area contributed by atoms with Crippen LogP contribution in [0.3, 0.4) is 0 Å². The molecule has 0 unspecified atom stereocenters. The minimum atomic E-state index is -3.83. The van der Waals surface area contributed by atoms with E-state index in [0.717, 1.165) is 62.6 Å². The highest BCUT2D eigenvalue weighted by Gasteiger charge is 2.23. The predicted molar refractivity (Wildman–Crippen MR) is 112 cm³/mol. The van der Waals surface area contributed by atoms with Crippen molar-refractivity contribution in [3.8, 4) is 0 Å². The quantitative estimate of drug-likeness (QED) is 0.671. The molecule has 0 heterocycles. The van der Waals surface area contributed by atoms with Gasteiger partial charge in [-0.15, -0.1) is 0 Å². The number of carbonyl (C=O) groups excluding carboxylic acids is 1. The highest BCUT2D eigenvalue weighted by Crippen LogP contribution is 2.21. The van der Waals surface area contributed by atoms with E-state index in [1.54, 1.807) is 12.1 Å². The first kappa shape index (κ1) is 21.5. The molecule has 0 spiro atoms. The normalized spacial score (nSPS) is 15.7. The number of hydrogen-bond donors (Lipinski definition) is 2. The number of aryl methyl sites for hydroxylation is 1. The van der Waals surface area contributed by atoms with Crippen molar-refractivity contribution in [1.82, 2.24) is 4.72 Å². The Morgan fingerprint density at radius 1 is 1.03 bits per heavy atom. The summed E-state index contributed by atoms with van der Waals surface area (Å²) in [4.78, 5) is 12.4. The second kappa shape index (κ2) is 9.50. The summed E-state index contributed by atoms with van der Waals surface area (Å²) in [6, 6.07) is 10.4. The number of sulfonamides is 1. The summed E-state index contributed by atoms with van der Waals surface area (Å²) in [5.74, 6) is -1.45. The van der Waals surface area contributed by atoms with Crippen LogP contribution in [0.25, 0.3) is 0 Å². The van der Waals surface area contributed by atoms with E-state index in [1.165, 1.54) is 6.07 Å². The number of anilines is 1. The fourth-order valence-electron chi connectivity index (χ4n) is 3.55. The molecule has 156 valence electrons. The third-order valence-corrected chi connectivity index (χ3v) is 6.81. The molecule has 1 amide bonds. The van der Waals surface area contributed by atoms with Crippen LogP contribution in [0.1, 0.15) is 61.4 Å². The van der Waals surface area contributed by atoms with Crippen molar-refractivity contribution in [2.45, 2.75) is 62.8 Å². The Kier molecular flexibility index (Phi) is 7.03. The molecule has 0 saturated heterocycles. The van der Waals surface area contributed by atoms with Gasteiger partial charge in [-0.2, -0.15) is 0 Å². The maximum absolute atomic E-state index is 14.3. The third kappa shape index (κ3) is 5.64. The monoisotopic (exact) mass is 418 g/mol. The van der Waals surface area contributed by atoms with Crippen LogP contribution in [-0.2, 0) is 16.4 Å². The molecule has 3 rings (SSSR count). The molecule has 1 aliphatic carbocycles. The van der Waals surface area contributed by atoms with Crippen LogP contribution in [0.15, 0.2) is 47.4 Å². The van der Waals surface area contributed by atoms with Crippen molar-refractivity contribution < 1.29 is 17.6 Å². The van der Waals surface area contributed by atoms with Gasteiger partial charge in [-0.1, -0.05) is 44.7 Å². The summed E-state index contributed by atoms with van der Waals surface area (Å²) >= 11 is 0. The number of benzene rings is 2. The average molecular weight is 419 g/mol. The molecule has 0 aliphatic heterocycles. The molecule has 7 heteroatoms. The highest BCUT2D eigenvalue weighted by atomic mass is 32.2. The molecule has 0 atom stereocenters. The number of rotatable bonds is 6. The Hall–Kier alpha value is -2.25. The lowest BCUT2D eigenvalue weighted by molar-refractivity contribution is 0.102. The Morgan fingerprint density at radius 3 is 2.31 bits per heavy atom. The number of amides is 1. The largest absolute Gasteiger partial charge is 0.322 e. The molecular weight excluding hydrogens is 391 g/mol. The standard InChI is InChI=1S/C22H27FN2O3S/c1-2-16-9-11-17(12-10-16)24-22(26)20-15-19(13-14-21(20)23)29(27,28)25-18-7-5-3-4-6-8-18/h9-15,18,25H,2-8H2,1H3,(H,24,26). The van der Waals surface area contributed by atoms with Crippen molar-refractivity contribution >= 4 is 21.6 Å². The van der Waals surface area contributed by atoms with E-state index < -0.39 is 21.7 Å². The second-order valence-electron chi connectivity index (χ2n) is 7.46. The Bertz CT molecular complexity index is 951. The molecule has 2 aromatic rings. The summed E-state index contributed by atoms with van der Waals surface area (Å²) < 4.78 is 42.5. The number of halogens is 1. The van der Waals surface area contributed by atoms with Crippen LogP contribution < -0.4 is 10.0 Å².